The van der Waals surface area contributed by atoms with Crippen LogP contribution in [0.2, 0.25) is 0 Å². The van der Waals surface area contributed by atoms with E-state index in [2.05, 4.69) is 0 Å². The van der Waals surface area contributed by atoms with Crippen LogP contribution < -0.4 is 0 Å². The number of carbonyl (C=O) groups excluding carboxylic acids is 1. The van der Waals surface area contributed by atoms with Crippen molar-refractivity contribution in [3.05, 3.63) is 11.8 Å². The number of carbonyl (C=O) groups is 1. The van der Waals surface area contributed by atoms with Crippen LogP contribution in [-0.2, 0) is 19.0 Å². The Morgan fingerprint density at radius 1 is 1.64 bits per heavy atom. The van der Waals surface area contributed by atoms with E-state index in [1.807, 2.05) is 0 Å². The van der Waals surface area contributed by atoms with Gasteiger partial charge in [-0.05, 0) is 6.92 Å². The summed E-state index contributed by atoms with van der Waals surface area (Å²) in [6.07, 6.45) is 1.04. The average molecular weight is 202 g/mol. The van der Waals surface area contributed by atoms with Gasteiger partial charge < -0.3 is 19.3 Å². The van der Waals surface area contributed by atoms with Gasteiger partial charge in [0.15, 0.2) is 5.76 Å². The Morgan fingerprint density at radius 2 is 2.29 bits per heavy atom. The fourth-order valence-electron chi connectivity index (χ4n) is 1.30. The molecule has 0 aliphatic carbocycles. The van der Waals surface area contributed by atoms with Gasteiger partial charge in [0.25, 0.3) is 5.79 Å². The molecule has 0 aromatic rings. The third-order valence-electron chi connectivity index (χ3n) is 2.09. The highest BCUT2D eigenvalue weighted by molar-refractivity contribution is 5.85. The second-order valence-corrected chi connectivity index (χ2v) is 3.17. The van der Waals surface area contributed by atoms with Crippen molar-refractivity contribution in [3.63, 3.8) is 0 Å². The van der Waals surface area contributed by atoms with E-state index in [0.29, 0.717) is 0 Å². The molecule has 1 aliphatic heterocycles. The summed E-state index contributed by atoms with van der Waals surface area (Å²) in [7, 11) is 2.89. The van der Waals surface area contributed by atoms with Gasteiger partial charge in [0, 0.05) is 13.5 Å². The molecule has 0 spiro atoms. The van der Waals surface area contributed by atoms with Crippen LogP contribution in [0, 0.1) is 0 Å². The smallest absolute Gasteiger partial charge is 0.337 e. The summed E-state index contributed by atoms with van der Waals surface area (Å²) in [5, 5.41) is 9.91. The fourth-order valence-corrected chi connectivity index (χ4v) is 1.30. The highest BCUT2D eigenvalue weighted by atomic mass is 16.7. The quantitative estimate of drug-likeness (QED) is 0.659. The highest BCUT2D eigenvalue weighted by Gasteiger charge is 2.44. The molecular weight excluding hydrogens is 188 g/mol. The van der Waals surface area contributed by atoms with Crippen molar-refractivity contribution in [2.45, 2.75) is 25.2 Å². The summed E-state index contributed by atoms with van der Waals surface area (Å²) < 4.78 is 14.6. The minimum Gasteiger partial charge on any atom is -0.494 e. The number of hydrogen-bond donors (Lipinski definition) is 1. The molecule has 0 saturated heterocycles. The van der Waals surface area contributed by atoms with E-state index in [0.717, 1.165) is 6.08 Å². The third kappa shape index (κ3) is 2.05. The maximum atomic E-state index is 10.9. The van der Waals surface area contributed by atoms with Crippen LogP contribution in [-0.4, -0.2) is 37.2 Å². The van der Waals surface area contributed by atoms with Crippen LogP contribution in [0.4, 0.5) is 0 Å². The zero-order valence-electron chi connectivity index (χ0n) is 8.44. The summed E-state index contributed by atoms with van der Waals surface area (Å²) in [5.74, 6) is -2.17. The monoisotopic (exact) mass is 202 g/mol. The van der Waals surface area contributed by atoms with Gasteiger partial charge in [0.1, 0.15) is 0 Å². The minimum atomic E-state index is -1.68. The van der Waals surface area contributed by atoms with Crippen molar-refractivity contribution in [1.82, 2.24) is 0 Å². The predicted molar refractivity (Wildman–Crippen MR) is 47.2 cm³/mol. The molecule has 0 amide bonds. The van der Waals surface area contributed by atoms with Crippen molar-refractivity contribution in [2.24, 2.45) is 0 Å². The molecule has 5 nitrogen and oxygen atoms in total. The van der Waals surface area contributed by atoms with Crippen LogP contribution in [0.25, 0.3) is 0 Å². The zero-order chi connectivity index (χ0) is 10.8. The lowest BCUT2D eigenvalue weighted by atomic mass is 10.1. The Hall–Kier alpha value is -1.07. The first-order valence-corrected chi connectivity index (χ1v) is 4.26. The van der Waals surface area contributed by atoms with Crippen molar-refractivity contribution in [2.75, 3.05) is 14.2 Å². The molecule has 5 heteroatoms. The van der Waals surface area contributed by atoms with Gasteiger partial charge in [0.05, 0.1) is 19.3 Å². The summed E-state index contributed by atoms with van der Waals surface area (Å²) in [6.45, 7) is 1.76. The number of aliphatic hydroxyl groups is 1. The zero-order valence-corrected chi connectivity index (χ0v) is 8.44. The number of ether oxygens (including phenoxy) is 3. The molecule has 80 valence electrons. The maximum absolute atomic E-state index is 10.9. The average Bonchev–Trinajstić information content (AvgIpc) is 2.40. The van der Waals surface area contributed by atoms with E-state index in [1.54, 1.807) is 6.92 Å². The molecule has 0 aromatic heterocycles. The molecule has 1 N–H and O–H groups in total. The van der Waals surface area contributed by atoms with E-state index in [9.17, 15) is 9.90 Å². The number of esters is 1. The topological polar surface area (TPSA) is 65.0 Å². The van der Waals surface area contributed by atoms with Gasteiger partial charge in [-0.15, -0.1) is 0 Å². The Morgan fingerprint density at radius 3 is 2.79 bits per heavy atom. The summed E-state index contributed by atoms with van der Waals surface area (Å²) in [6, 6.07) is 0. The van der Waals surface area contributed by atoms with Crippen LogP contribution in [0.3, 0.4) is 0 Å². The lowest BCUT2D eigenvalue weighted by Crippen LogP contribution is -2.36. The van der Waals surface area contributed by atoms with E-state index in [-0.39, 0.29) is 18.3 Å². The Labute approximate surface area is 82.3 Å². The van der Waals surface area contributed by atoms with E-state index in [1.165, 1.54) is 14.2 Å². The van der Waals surface area contributed by atoms with Gasteiger partial charge in [0.2, 0.25) is 0 Å². The molecule has 2 unspecified atom stereocenters. The Balaban J connectivity index is 2.74. The summed E-state index contributed by atoms with van der Waals surface area (Å²) in [5.41, 5.74) is 0. The molecule has 2 atom stereocenters. The largest absolute Gasteiger partial charge is 0.494 e. The second-order valence-electron chi connectivity index (χ2n) is 3.17. The van der Waals surface area contributed by atoms with E-state index < -0.39 is 11.8 Å². The molecule has 1 rings (SSSR count). The van der Waals surface area contributed by atoms with Crippen molar-refractivity contribution >= 4 is 5.97 Å². The molecule has 0 aromatic carbocycles. The van der Waals surface area contributed by atoms with Crippen LogP contribution in [0.15, 0.2) is 11.8 Å². The molecular formula is C9H14O5. The number of rotatable bonds is 4. The van der Waals surface area contributed by atoms with Crippen molar-refractivity contribution in [3.8, 4) is 0 Å². The minimum absolute atomic E-state index is 0.117. The maximum Gasteiger partial charge on any atom is 0.337 e. The van der Waals surface area contributed by atoms with Crippen molar-refractivity contribution in [1.29, 1.82) is 0 Å². The molecule has 0 saturated carbocycles. The predicted octanol–water partition coefficient (Wildman–Crippen LogP) is 0.187. The number of cyclic esters (lactones) is 1. The van der Waals surface area contributed by atoms with Crippen molar-refractivity contribution < 1.29 is 24.1 Å². The first-order chi connectivity index (χ1) is 6.51. The van der Waals surface area contributed by atoms with Gasteiger partial charge in [-0.3, -0.25) is 0 Å². The first-order valence-electron chi connectivity index (χ1n) is 4.26. The standard InChI is InChI=1S/C9H14O5/c1-6(12-2)5-9(11)7(13-3)4-8(10)14-9/h4,6,11H,5H2,1-3H3. The third-order valence-corrected chi connectivity index (χ3v) is 2.09. The molecule has 0 bridgehead atoms. The normalized spacial score (nSPS) is 28.3. The summed E-state index contributed by atoms with van der Waals surface area (Å²) in [4.78, 5) is 10.9. The lowest BCUT2D eigenvalue weighted by molar-refractivity contribution is -0.200. The Bertz CT molecular complexity index is 260. The van der Waals surface area contributed by atoms with Crippen LogP contribution in [0.5, 0.6) is 0 Å². The summed E-state index contributed by atoms with van der Waals surface area (Å²) >= 11 is 0. The molecule has 0 fully saturated rings. The molecule has 1 heterocycles. The number of methoxy groups -OCH3 is 2. The number of hydrogen-bond acceptors (Lipinski definition) is 5. The second kappa shape index (κ2) is 3.98. The van der Waals surface area contributed by atoms with E-state index in [4.69, 9.17) is 14.2 Å². The van der Waals surface area contributed by atoms with Gasteiger partial charge in [-0.2, -0.15) is 0 Å². The highest BCUT2D eigenvalue weighted by Crippen LogP contribution is 2.30. The van der Waals surface area contributed by atoms with Gasteiger partial charge in [-0.1, -0.05) is 0 Å². The Kier molecular flexibility index (Phi) is 3.13. The molecule has 0 radical (unpaired) electrons. The lowest BCUT2D eigenvalue weighted by Gasteiger charge is -2.25. The SMILES string of the molecule is COC1=CC(=O)OC1(O)CC(C)OC. The van der Waals surface area contributed by atoms with Gasteiger partial charge in [-0.25, -0.2) is 4.79 Å². The molecule has 14 heavy (non-hydrogen) atoms. The van der Waals surface area contributed by atoms with Gasteiger partial charge >= 0.3 is 5.97 Å². The molecule has 1 aliphatic rings. The van der Waals surface area contributed by atoms with Crippen LogP contribution in [0.1, 0.15) is 13.3 Å². The fraction of sp³-hybridized carbons (Fsp3) is 0.667. The van der Waals surface area contributed by atoms with Crippen LogP contribution >= 0.6 is 0 Å². The first kappa shape index (κ1) is 11.0. The van der Waals surface area contributed by atoms with E-state index >= 15 is 0 Å².